The summed E-state index contributed by atoms with van der Waals surface area (Å²) < 4.78 is 0. The van der Waals surface area contributed by atoms with E-state index >= 15 is 0 Å². The van der Waals surface area contributed by atoms with Gasteiger partial charge >= 0.3 is 0 Å². The Morgan fingerprint density at radius 1 is 0.773 bits per heavy atom. The highest BCUT2D eigenvalue weighted by Gasteiger charge is 2.09. The molecule has 0 aromatic heterocycles. The van der Waals surface area contributed by atoms with Crippen molar-refractivity contribution < 1.29 is 14.4 Å². The van der Waals surface area contributed by atoms with Gasteiger partial charge in [-0.2, -0.15) is 0 Å². The molecule has 0 aliphatic heterocycles. The molecule has 2 N–H and O–H groups in total. The fourth-order valence-electron chi connectivity index (χ4n) is 1.73. The van der Waals surface area contributed by atoms with Crippen molar-refractivity contribution in [3.05, 3.63) is 38.0 Å². The Hall–Kier alpha value is -2.37. The lowest BCUT2D eigenvalue weighted by atomic mass is 10.2. The van der Waals surface area contributed by atoms with E-state index in [0.717, 1.165) is 12.8 Å². The molecule has 0 rings (SSSR count). The van der Waals surface area contributed by atoms with Crippen LogP contribution in [0.5, 0.6) is 0 Å². The Balaban J connectivity index is 3.98. The summed E-state index contributed by atoms with van der Waals surface area (Å²) in [5, 5.41) is 5.35. The van der Waals surface area contributed by atoms with Gasteiger partial charge < -0.3 is 15.5 Å². The van der Waals surface area contributed by atoms with Crippen molar-refractivity contribution in [3.8, 4) is 0 Å². The molecule has 0 spiro atoms. The van der Waals surface area contributed by atoms with Crippen molar-refractivity contribution in [2.45, 2.75) is 19.3 Å². The molecule has 22 heavy (non-hydrogen) atoms. The molecule has 0 bridgehead atoms. The molecule has 0 unspecified atom stereocenters. The summed E-state index contributed by atoms with van der Waals surface area (Å²) in [6.07, 6.45) is 5.92. The fourth-order valence-corrected chi connectivity index (χ4v) is 1.73. The lowest BCUT2D eigenvalue weighted by Gasteiger charge is -2.21. The normalized spacial score (nSPS) is 9.45. The molecule has 0 saturated carbocycles. The van der Waals surface area contributed by atoms with Gasteiger partial charge in [0.25, 0.3) is 0 Å². The third-order valence-electron chi connectivity index (χ3n) is 2.92. The molecule has 3 amide bonds. The molecule has 6 nitrogen and oxygen atoms in total. The first-order valence-corrected chi connectivity index (χ1v) is 7.27. The van der Waals surface area contributed by atoms with Gasteiger partial charge in [0.1, 0.15) is 0 Å². The van der Waals surface area contributed by atoms with E-state index in [1.807, 2.05) is 0 Å². The zero-order chi connectivity index (χ0) is 16.8. The van der Waals surface area contributed by atoms with E-state index in [4.69, 9.17) is 0 Å². The lowest BCUT2D eigenvalue weighted by molar-refractivity contribution is -0.126. The summed E-state index contributed by atoms with van der Waals surface area (Å²) in [7, 11) is 0. The summed E-state index contributed by atoms with van der Waals surface area (Å²) in [6, 6.07) is 0. The van der Waals surface area contributed by atoms with E-state index in [1.54, 1.807) is 4.90 Å². The lowest BCUT2D eigenvalue weighted by Crippen LogP contribution is -2.34. The average molecular weight is 307 g/mol. The maximum Gasteiger partial charge on any atom is 0.245 e. The minimum atomic E-state index is -0.223. The van der Waals surface area contributed by atoms with Crippen molar-refractivity contribution in [1.82, 2.24) is 15.5 Å². The van der Waals surface area contributed by atoms with E-state index in [1.165, 1.54) is 18.2 Å². The van der Waals surface area contributed by atoms with Crippen LogP contribution in [-0.4, -0.2) is 48.8 Å². The van der Waals surface area contributed by atoms with Crippen molar-refractivity contribution in [2.24, 2.45) is 0 Å². The van der Waals surface area contributed by atoms with Crippen LogP contribution in [0.25, 0.3) is 0 Å². The maximum absolute atomic E-state index is 11.7. The topological polar surface area (TPSA) is 78.5 Å². The summed E-state index contributed by atoms with van der Waals surface area (Å²) >= 11 is 0. The van der Waals surface area contributed by atoms with Crippen LogP contribution in [-0.2, 0) is 14.4 Å². The Labute approximate surface area is 131 Å². The van der Waals surface area contributed by atoms with Gasteiger partial charge in [-0.1, -0.05) is 19.7 Å². The molecule has 0 aromatic rings. The van der Waals surface area contributed by atoms with E-state index in [9.17, 15) is 14.4 Å². The van der Waals surface area contributed by atoms with Crippen LogP contribution in [0.4, 0.5) is 0 Å². The van der Waals surface area contributed by atoms with Crippen molar-refractivity contribution >= 4 is 17.7 Å². The van der Waals surface area contributed by atoms with Gasteiger partial charge in [-0.25, -0.2) is 0 Å². The standard InChI is InChI=1S/C16H25N3O3/c1-4-14(20)17-10-7-8-12-19(16(22)6-3)13-9-11-18-15(21)5-2/h4-6H,1-3,7-13H2,(H,17,20)(H,18,21). The first-order chi connectivity index (χ1) is 10.5. The number of hydrogen-bond acceptors (Lipinski definition) is 3. The van der Waals surface area contributed by atoms with Gasteiger partial charge in [0, 0.05) is 26.2 Å². The van der Waals surface area contributed by atoms with Gasteiger partial charge in [-0.15, -0.1) is 0 Å². The monoisotopic (exact) mass is 307 g/mol. The predicted octanol–water partition coefficient (Wildman–Crippen LogP) is 0.776. The highest BCUT2D eigenvalue weighted by molar-refractivity contribution is 5.87. The van der Waals surface area contributed by atoms with Crippen LogP contribution < -0.4 is 10.6 Å². The Morgan fingerprint density at radius 2 is 1.27 bits per heavy atom. The van der Waals surface area contributed by atoms with E-state index < -0.39 is 0 Å². The Morgan fingerprint density at radius 3 is 1.77 bits per heavy atom. The summed E-state index contributed by atoms with van der Waals surface area (Å²) in [5.41, 5.74) is 0. The highest BCUT2D eigenvalue weighted by Crippen LogP contribution is 1.99. The van der Waals surface area contributed by atoms with Crippen LogP contribution in [0, 0.1) is 0 Å². The first-order valence-electron chi connectivity index (χ1n) is 7.27. The molecule has 0 aliphatic rings. The van der Waals surface area contributed by atoms with Crippen LogP contribution >= 0.6 is 0 Å². The molecule has 0 radical (unpaired) electrons. The zero-order valence-corrected chi connectivity index (χ0v) is 13.0. The number of unbranched alkanes of at least 4 members (excludes halogenated alkanes) is 1. The van der Waals surface area contributed by atoms with Crippen LogP contribution in [0.3, 0.4) is 0 Å². The minimum Gasteiger partial charge on any atom is -0.353 e. The molecule has 6 heteroatoms. The van der Waals surface area contributed by atoms with Crippen LogP contribution in [0.2, 0.25) is 0 Å². The zero-order valence-electron chi connectivity index (χ0n) is 13.0. The fraction of sp³-hybridized carbons (Fsp3) is 0.438. The van der Waals surface area contributed by atoms with E-state index in [0.29, 0.717) is 32.6 Å². The quantitative estimate of drug-likeness (QED) is 0.413. The SMILES string of the molecule is C=CC(=O)NCCCCN(CCCNC(=O)C=C)C(=O)C=C. The summed E-state index contributed by atoms with van der Waals surface area (Å²) in [6.45, 7) is 12.4. The number of rotatable bonds is 12. The van der Waals surface area contributed by atoms with Gasteiger partial charge in [-0.05, 0) is 37.5 Å². The molecule has 0 fully saturated rings. The van der Waals surface area contributed by atoms with Crippen molar-refractivity contribution in [1.29, 1.82) is 0 Å². The van der Waals surface area contributed by atoms with Gasteiger partial charge in [0.05, 0.1) is 0 Å². The molecule has 122 valence electrons. The molecular formula is C16H25N3O3. The Bertz CT molecular complexity index is 419. The smallest absolute Gasteiger partial charge is 0.245 e. The highest BCUT2D eigenvalue weighted by atomic mass is 16.2. The number of amides is 3. The minimum absolute atomic E-state index is 0.134. The second-order valence-electron chi connectivity index (χ2n) is 4.58. The number of carbonyl (C=O) groups excluding carboxylic acids is 3. The second-order valence-corrected chi connectivity index (χ2v) is 4.58. The molecule has 0 aliphatic carbocycles. The first kappa shape index (κ1) is 19.6. The molecule has 0 atom stereocenters. The third-order valence-corrected chi connectivity index (χ3v) is 2.92. The third kappa shape index (κ3) is 9.52. The van der Waals surface area contributed by atoms with Gasteiger partial charge in [-0.3, -0.25) is 14.4 Å². The van der Waals surface area contributed by atoms with E-state index in [2.05, 4.69) is 30.4 Å². The summed E-state index contributed by atoms with van der Waals surface area (Å²) in [4.78, 5) is 35.4. The maximum atomic E-state index is 11.7. The second kappa shape index (κ2) is 12.4. The van der Waals surface area contributed by atoms with Gasteiger partial charge in [0.2, 0.25) is 17.7 Å². The van der Waals surface area contributed by atoms with Crippen molar-refractivity contribution in [2.75, 3.05) is 26.2 Å². The average Bonchev–Trinajstić information content (AvgIpc) is 2.54. The van der Waals surface area contributed by atoms with Gasteiger partial charge in [0.15, 0.2) is 0 Å². The number of hydrogen-bond donors (Lipinski definition) is 2. The molecule has 0 saturated heterocycles. The predicted molar refractivity (Wildman–Crippen MR) is 87.0 cm³/mol. The number of carbonyl (C=O) groups is 3. The molecule has 0 aromatic carbocycles. The largest absolute Gasteiger partial charge is 0.353 e. The van der Waals surface area contributed by atoms with E-state index in [-0.39, 0.29) is 17.7 Å². The number of nitrogens with one attached hydrogen (secondary N) is 2. The summed E-state index contributed by atoms with van der Waals surface area (Å²) in [5.74, 6) is -0.554. The van der Waals surface area contributed by atoms with Crippen molar-refractivity contribution in [3.63, 3.8) is 0 Å². The van der Waals surface area contributed by atoms with Crippen LogP contribution in [0.15, 0.2) is 38.0 Å². The molecule has 0 heterocycles. The molecular weight excluding hydrogens is 282 g/mol. The Kier molecular flexibility index (Phi) is 11.0. The number of nitrogens with zero attached hydrogens (tertiary/aromatic N) is 1. The van der Waals surface area contributed by atoms with Crippen LogP contribution in [0.1, 0.15) is 19.3 Å².